The molecule has 2 atom stereocenters. The van der Waals surface area contributed by atoms with Crippen LogP contribution in [0.4, 0.5) is 5.69 Å². The van der Waals surface area contributed by atoms with Gasteiger partial charge in [0.05, 0.1) is 17.5 Å². The molecule has 2 bridgehead atoms. The van der Waals surface area contributed by atoms with Crippen molar-refractivity contribution in [1.82, 2.24) is 0 Å². The summed E-state index contributed by atoms with van der Waals surface area (Å²) in [5, 5.41) is 0.801. The van der Waals surface area contributed by atoms with Crippen LogP contribution in [0.3, 0.4) is 0 Å². The van der Waals surface area contributed by atoms with Crippen LogP contribution in [0.2, 0.25) is 10.0 Å². The van der Waals surface area contributed by atoms with Gasteiger partial charge in [0.1, 0.15) is 0 Å². The number of hydrogen-bond acceptors (Lipinski definition) is 2. The first-order valence-corrected chi connectivity index (χ1v) is 10.3. The number of benzene rings is 3. The fraction of sp³-hybridized carbons (Fsp3) is 0.167. The highest BCUT2D eigenvalue weighted by atomic mass is 35.5. The zero-order valence-electron chi connectivity index (χ0n) is 15.2. The first-order chi connectivity index (χ1) is 14.1. The van der Waals surface area contributed by atoms with Crippen LogP contribution < -0.4 is 4.90 Å². The van der Waals surface area contributed by atoms with Gasteiger partial charge in [-0.1, -0.05) is 71.7 Å². The average molecular weight is 420 g/mol. The van der Waals surface area contributed by atoms with E-state index in [1.807, 2.05) is 24.3 Å². The molecule has 4 aliphatic rings. The number of imide groups is 1. The lowest BCUT2D eigenvalue weighted by molar-refractivity contribution is -0.122. The van der Waals surface area contributed by atoms with Gasteiger partial charge in [-0.2, -0.15) is 0 Å². The van der Waals surface area contributed by atoms with E-state index in [4.69, 9.17) is 23.2 Å². The molecule has 5 heteroatoms. The zero-order chi connectivity index (χ0) is 19.9. The van der Waals surface area contributed by atoms with Gasteiger partial charge in [-0.05, 0) is 40.5 Å². The van der Waals surface area contributed by atoms with Crippen molar-refractivity contribution in [3.8, 4) is 0 Å². The Morgan fingerprint density at radius 3 is 1.38 bits per heavy atom. The molecule has 0 saturated carbocycles. The molecule has 0 spiro atoms. The zero-order valence-corrected chi connectivity index (χ0v) is 16.7. The largest absolute Gasteiger partial charge is 0.274 e. The van der Waals surface area contributed by atoms with E-state index in [0.29, 0.717) is 15.7 Å². The van der Waals surface area contributed by atoms with Gasteiger partial charge in [-0.15, -0.1) is 0 Å². The minimum absolute atomic E-state index is 0.117. The Morgan fingerprint density at radius 2 is 1.00 bits per heavy atom. The molecule has 7 rings (SSSR count). The van der Waals surface area contributed by atoms with Crippen LogP contribution in [-0.2, 0) is 9.59 Å². The smallest absolute Gasteiger partial charge is 0.238 e. The lowest BCUT2D eigenvalue weighted by Gasteiger charge is -2.45. The minimum Gasteiger partial charge on any atom is -0.274 e. The van der Waals surface area contributed by atoms with Gasteiger partial charge in [-0.25, -0.2) is 4.90 Å². The highest BCUT2D eigenvalue weighted by Crippen LogP contribution is 2.61. The third-order valence-corrected chi connectivity index (χ3v) is 6.99. The Labute approximate surface area is 177 Å². The van der Waals surface area contributed by atoms with Crippen LogP contribution in [0, 0.1) is 11.8 Å². The van der Waals surface area contributed by atoms with Crippen LogP contribution in [0.5, 0.6) is 0 Å². The molecule has 1 aliphatic heterocycles. The fourth-order valence-electron chi connectivity index (χ4n) is 5.60. The molecule has 1 fully saturated rings. The van der Waals surface area contributed by atoms with E-state index in [0.717, 1.165) is 22.3 Å². The molecule has 3 aromatic carbocycles. The number of anilines is 1. The summed E-state index contributed by atoms with van der Waals surface area (Å²) in [5.74, 6) is -1.39. The van der Waals surface area contributed by atoms with Crippen LogP contribution in [0.1, 0.15) is 34.1 Å². The second kappa shape index (κ2) is 5.94. The molecule has 2 amide bonds. The maximum Gasteiger partial charge on any atom is 0.238 e. The third kappa shape index (κ3) is 2.20. The number of carbonyl (C=O) groups is 2. The number of nitrogens with zero attached hydrogens (tertiary/aromatic N) is 1. The lowest BCUT2D eigenvalue weighted by Crippen LogP contribution is -2.41. The Morgan fingerprint density at radius 1 is 0.621 bits per heavy atom. The van der Waals surface area contributed by atoms with Gasteiger partial charge in [0.25, 0.3) is 0 Å². The van der Waals surface area contributed by atoms with Gasteiger partial charge in [-0.3, -0.25) is 9.59 Å². The van der Waals surface area contributed by atoms with E-state index in [-0.39, 0.29) is 23.7 Å². The van der Waals surface area contributed by atoms with Crippen molar-refractivity contribution >= 4 is 40.7 Å². The second-order valence-electron chi connectivity index (χ2n) is 7.90. The summed E-state index contributed by atoms with van der Waals surface area (Å²) in [7, 11) is 0. The van der Waals surface area contributed by atoms with E-state index in [1.165, 1.54) is 4.90 Å². The standard InChI is InChI=1S/C24H15Cl2NO2/c25-12-9-13(26)11-14(10-12)27-23(28)21-19-15-5-1-2-6-16(15)20(22(21)24(27)29)18-8-4-3-7-17(18)19/h1-11,19-22H/t19?,20?,21-,22-/m0/s1. The average Bonchev–Trinajstić information content (AvgIpc) is 2.98. The predicted molar refractivity (Wildman–Crippen MR) is 113 cm³/mol. The number of amides is 2. The molecular formula is C24H15Cl2NO2. The van der Waals surface area contributed by atoms with Crippen LogP contribution >= 0.6 is 23.2 Å². The Bertz CT molecular complexity index is 1090. The SMILES string of the molecule is O=C1[C@H]2C3c4ccccc4C(c4ccccc43)[C@@H]2C(=O)N1c1cc(Cl)cc(Cl)c1. The first-order valence-electron chi connectivity index (χ1n) is 9.58. The predicted octanol–water partition coefficient (Wildman–Crippen LogP) is 5.39. The van der Waals surface area contributed by atoms with Crippen molar-refractivity contribution in [3.63, 3.8) is 0 Å². The van der Waals surface area contributed by atoms with Crippen molar-refractivity contribution in [2.45, 2.75) is 11.8 Å². The van der Waals surface area contributed by atoms with Gasteiger partial charge in [0.2, 0.25) is 11.8 Å². The van der Waals surface area contributed by atoms with E-state index < -0.39 is 11.8 Å². The van der Waals surface area contributed by atoms with E-state index in [9.17, 15) is 9.59 Å². The van der Waals surface area contributed by atoms with Gasteiger partial charge in [0, 0.05) is 21.9 Å². The molecular weight excluding hydrogens is 405 g/mol. The number of carbonyl (C=O) groups excluding carboxylic acids is 2. The van der Waals surface area contributed by atoms with E-state index >= 15 is 0 Å². The number of rotatable bonds is 1. The van der Waals surface area contributed by atoms with Crippen molar-refractivity contribution in [2.75, 3.05) is 4.90 Å². The summed E-state index contributed by atoms with van der Waals surface area (Å²) in [5.41, 5.74) is 5.07. The van der Waals surface area contributed by atoms with Gasteiger partial charge < -0.3 is 0 Å². The Hall–Kier alpha value is -2.62. The van der Waals surface area contributed by atoms with Crippen molar-refractivity contribution in [1.29, 1.82) is 0 Å². The molecule has 1 heterocycles. The molecule has 3 aromatic rings. The van der Waals surface area contributed by atoms with E-state index in [1.54, 1.807) is 18.2 Å². The van der Waals surface area contributed by atoms with Crippen LogP contribution in [0.15, 0.2) is 66.7 Å². The Balaban J connectivity index is 1.57. The monoisotopic (exact) mass is 419 g/mol. The van der Waals surface area contributed by atoms with Crippen molar-refractivity contribution in [3.05, 3.63) is 99.0 Å². The third-order valence-electron chi connectivity index (χ3n) is 6.55. The number of hydrogen-bond donors (Lipinski definition) is 0. The molecule has 0 N–H and O–H groups in total. The highest BCUT2D eigenvalue weighted by Gasteiger charge is 2.61. The molecule has 3 nitrogen and oxygen atoms in total. The van der Waals surface area contributed by atoms with Gasteiger partial charge in [0.15, 0.2) is 0 Å². The maximum absolute atomic E-state index is 13.6. The molecule has 3 aliphatic carbocycles. The number of halogens is 2. The summed E-state index contributed by atoms with van der Waals surface area (Å²) in [6.07, 6.45) is 0. The summed E-state index contributed by atoms with van der Waals surface area (Å²) in [4.78, 5) is 28.5. The molecule has 0 radical (unpaired) electrons. The maximum atomic E-state index is 13.6. The van der Waals surface area contributed by atoms with Gasteiger partial charge >= 0.3 is 0 Å². The molecule has 29 heavy (non-hydrogen) atoms. The summed E-state index contributed by atoms with van der Waals surface area (Å²) in [6, 6.07) is 21.3. The van der Waals surface area contributed by atoms with Crippen LogP contribution in [-0.4, -0.2) is 11.8 Å². The Kier molecular flexibility index (Phi) is 3.54. The van der Waals surface area contributed by atoms with E-state index in [2.05, 4.69) is 24.3 Å². The summed E-state index contributed by atoms with van der Waals surface area (Å²) >= 11 is 12.3. The molecule has 0 unspecified atom stereocenters. The van der Waals surface area contributed by atoms with Crippen molar-refractivity contribution < 1.29 is 9.59 Å². The normalized spacial score (nSPS) is 26.3. The molecule has 0 aromatic heterocycles. The topological polar surface area (TPSA) is 37.4 Å². The lowest BCUT2D eigenvalue weighted by atomic mass is 9.55. The molecule has 1 saturated heterocycles. The highest BCUT2D eigenvalue weighted by molar-refractivity contribution is 6.35. The summed E-state index contributed by atoms with van der Waals surface area (Å²) < 4.78 is 0. The molecule has 142 valence electrons. The first kappa shape index (κ1) is 17.3. The van der Waals surface area contributed by atoms with Crippen LogP contribution in [0.25, 0.3) is 0 Å². The van der Waals surface area contributed by atoms with Crippen molar-refractivity contribution in [2.24, 2.45) is 11.8 Å². The minimum atomic E-state index is -0.407. The summed E-state index contributed by atoms with van der Waals surface area (Å²) in [6.45, 7) is 0. The second-order valence-corrected chi connectivity index (χ2v) is 8.78. The quantitative estimate of drug-likeness (QED) is 0.495. The fourth-order valence-corrected chi connectivity index (χ4v) is 6.11.